The van der Waals surface area contributed by atoms with Gasteiger partial charge >= 0.3 is 0 Å². The summed E-state index contributed by atoms with van der Waals surface area (Å²) in [5.41, 5.74) is 1.24. The zero-order chi connectivity index (χ0) is 19.8. The molecule has 0 unspecified atom stereocenters. The minimum atomic E-state index is -3.98. The van der Waals surface area contributed by atoms with Gasteiger partial charge in [-0.2, -0.15) is 0 Å². The van der Waals surface area contributed by atoms with Crippen LogP contribution >= 0.6 is 34.5 Å². The first-order valence-corrected chi connectivity index (χ1v) is 10.5. The molecular weight excluding hydrogens is 433 g/mol. The van der Waals surface area contributed by atoms with E-state index in [4.69, 9.17) is 23.2 Å². The minimum Gasteiger partial charge on any atom is -0.258 e. The summed E-state index contributed by atoms with van der Waals surface area (Å²) >= 11 is 13.0. The number of anilines is 1. The number of aryl methyl sites for hydroxylation is 1. The van der Waals surface area contributed by atoms with Crippen LogP contribution in [0.15, 0.2) is 46.7 Å². The van der Waals surface area contributed by atoms with Crippen LogP contribution in [0.25, 0.3) is 11.3 Å². The summed E-state index contributed by atoms with van der Waals surface area (Å²) in [6, 6.07) is 8.77. The fraction of sp³-hybridized carbons (Fsp3) is 0.0625. The van der Waals surface area contributed by atoms with Crippen molar-refractivity contribution in [3.8, 4) is 11.3 Å². The van der Waals surface area contributed by atoms with Gasteiger partial charge in [0.2, 0.25) is 0 Å². The van der Waals surface area contributed by atoms with Crippen LogP contribution in [-0.4, -0.2) is 18.3 Å². The molecule has 0 radical (unpaired) electrons. The molecule has 0 atom stereocenters. The fourth-order valence-corrected chi connectivity index (χ4v) is 5.59. The minimum absolute atomic E-state index is 0.00274. The third-order valence-electron chi connectivity index (χ3n) is 3.54. The average Bonchev–Trinajstić information content (AvgIpc) is 3.01. The first-order chi connectivity index (χ1) is 12.7. The van der Waals surface area contributed by atoms with Crippen LogP contribution in [0.2, 0.25) is 10.0 Å². The Balaban J connectivity index is 1.92. The normalized spacial score (nSPS) is 11.4. The lowest BCUT2D eigenvalue weighted by Crippen LogP contribution is -2.14. The van der Waals surface area contributed by atoms with Gasteiger partial charge in [0.05, 0.1) is 15.6 Å². The van der Waals surface area contributed by atoms with E-state index in [1.54, 1.807) is 18.4 Å². The second-order valence-electron chi connectivity index (χ2n) is 5.48. The van der Waals surface area contributed by atoms with Gasteiger partial charge in [0, 0.05) is 28.1 Å². The Hall–Kier alpha value is -2.20. The van der Waals surface area contributed by atoms with Crippen molar-refractivity contribution in [2.24, 2.45) is 0 Å². The highest BCUT2D eigenvalue weighted by Crippen LogP contribution is 2.32. The van der Waals surface area contributed by atoms with E-state index in [2.05, 4.69) is 9.71 Å². The van der Waals surface area contributed by atoms with Gasteiger partial charge in [-0.1, -0.05) is 35.3 Å². The van der Waals surface area contributed by atoms with Crippen molar-refractivity contribution < 1.29 is 13.3 Å². The number of aromatic nitrogens is 1. The number of sulfonamides is 1. The molecule has 0 bridgehead atoms. The molecule has 27 heavy (non-hydrogen) atoms. The number of nitro benzene ring substituents is 1. The summed E-state index contributed by atoms with van der Waals surface area (Å²) in [4.78, 5) is 14.5. The summed E-state index contributed by atoms with van der Waals surface area (Å²) in [5, 5.41) is 12.9. The molecular formula is C16H11Cl2N3O4S2. The Morgan fingerprint density at radius 2 is 1.96 bits per heavy atom. The molecule has 3 aromatic rings. The van der Waals surface area contributed by atoms with Crippen LogP contribution in [0.3, 0.4) is 0 Å². The third kappa shape index (κ3) is 4.22. The number of thiazole rings is 1. The predicted octanol–water partition coefficient (Wildman–Crippen LogP) is 5.13. The summed E-state index contributed by atoms with van der Waals surface area (Å²) in [6.07, 6.45) is 0. The van der Waals surface area contributed by atoms with Crippen molar-refractivity contribution in [2.45, 2.75) is 11.8 Å². The molecule has 0 spiro atoms. The molecule has 0 amide bonds. The number of rotatable bonds is 5. The topological polar surface area (TPSA) is 102 Å². The second-order valence-corrected chi connectivity index (χ2v) is 8.81. The van der Waals surface area contributed by atoms with Crippen molar-refractivity contribution in [3.05, 3.63) is 67.5 Å². The van der Waals surface area contributed by atoms with Crippen LogP contribution in [0, 0.1) is 17.0 Å². The van der Waals surface area contributed by atoms with Gasteiger partial charge in [-0.15, -0.1) is 11.3 Å². The summed E-state index contributed by atoms with van der Waals surface area (Å²) in [5.74, 6) is 0. The van der Waals surface area contributed by atoms with Crippen molar-refractivity contribution in [3.63, 3.8) is 0 Å². The van der Waals surface area contributed by atoms with Gasteiger partial charge in [-0.25, -0.2) is 13.4 Å². The Kier molecular flexibility index (Phi) is 5.38. The maximum absolute atomic E-state index is 12.7. The van der Waals surface area contributed by atoms with Gasteiger partial charge < -0.3 is 0 Å². The SMILES string of the molecule is Cc1cc(Cl)cc(Cl)c1S(=O)(=O)Nc1nc(-c2cccc([N+](=O)[O-])c2)cs1. The first kappa shape index (κ1) is 19.6. The second kappa shape index (κ2) is 7.43. The quantitative estimate of drug-likeness (QED) is 0.434. The van der Waals surface area contributed by atoms with Crippen molar-refractivity contribution >= 4 is 55.4 Å². The van der Waals surface area contributed by atoms with E-state index in [-0.39, 0.29) is 20.7 Å². The smallest absolute Gasteiger partial charge is 0.258 e. The van der Waals surface area contributed by atoms with Gasteiger partial charge in [-0.05, 0) is 24.6 Å². The van der Waals surface area contributed by atoms with E-state index in [1.165, 1.54) is 30.3 Å². The number of halogens is 2. The maximum atomic E-state index is 12.7. The lowest BCUT2D eigenvalue weighted by atomic mass is 10.1. The Morgan fingerprint density at radius 3 is 2.63 bits per heavy atom. The van der Waals surface area contributed by atoms with Gasteiger partial charge in [0.25, 0.3) is 15.7 Å². The molecule has 1 N–H and O–H groups in total. The Bertz CT molecular complexity index is 1120. The van der Waals surface area contributed by atoms with Crippen LogP contribution < -0.4 is 4.72 Å². The van der Waals surface area contributed by atoms with Crippen molar-refractivity contribution in [1.82, 2.24) is 4.98 Å². The maximum Gasteiger partial charge on any atom is 0.270 e. The van der Waals surface area contributed by atoms with E-state index in [0.717, 1.165) is 11.3 Å². The van der Waals surface area contributed by atoms with Crippen molar-refractivity contribution in [2.75, 3.05) is 4.72 Å². The van der Waals surface area contributed by atoms with Crippen molar-refractivity contribution in [1.29, 1.82) is 0 Å². The number of hydrogen-bond acceptors (Lipinski definition) is 6. The summed E-state index contributed by atoms with van der Waals surface area (Å²) in [7, 11) is -3.98. The number of non-ortho nitro benzene ring substituents is 1. The average molecular weight is 444 g/mol. The molecule has 0 aliphatic heterocycles. The van der Waals surface area contributed by atoms with E-state index in [0.29, 0.717) is 21.8 Å². The lowest BCUT2D eigenvalue weighted by Gasteiger charge is -2.10. The number of nitrogens with one attached hydrogen (secondary N) is 1. The fourth-order valence-electron chi connectivity index (χ4n) is 2.43. The molecule has 140 valence electrons. The molecule has 11 heteroatoms. The lowest BCUT2D eigenvalue weighted by molar-refractivity contribution is -0.384. The highest BCUT2D eigenvalue weighted by molar-refractivity contribution is 7.93. The molecule has 0 saturated heterocycles. The Morgan fingerprint density at radius 1 is 1.22 bits per heavy atom. The predicted molar refractivity (Wildman–Crippen MR) is 106 cm³/mol. The van der Waals surface area contributed by atoms with Crippen LogP contribution in [0.4, 0.5) is 10.8 Å². The number of nitrogens with zero attached hydrogens (tertiary/aromatic N) is 2. The van der Waals surface area contributed by atoms with E-state index >= 15 is 0 Å². The molecule has 1 heterocycles. The highest BCUT2D eigenvalue weighted by Gasteiger charge is 2.23. The van der Waals surface area contributed by atoms with E-state index < -0.39 is 14.9 Å². The molecule has 0 fully saturated rings. The third-order valence-corrected chi connectivity index (χ3v) is 6.60. The zero-order valence-electron chi connectivity index (χ0n) is 13.6. The molecule has 0 aliphatic carbocycles. The monoisotopic (exact) mass is 443 g/mol. The largest absolute Gasteiger partial charge is 0.270 e. The van der Waals surface area contributed by atoms with Crippen LogP contribution in [0.1, 0.15) is 5.56 Å². The van der Waals surface area contributed by atoms with Gasteiger partial charge in [-0.3, -0.25) is 14.8 Å². The van der Waals surface area contributed by atoms with Crippen LogP contribution in [-0.2, 0) is 10.0 Å². The Labute approximate surface area is 168 Å². The molecule has 2 aromatic carbocycles. The number of nitro groups is 1. The standard InChI is InChI=1S/C16H11Cl2N3O4S2/c1-9-5-11(17)7-13(18)15(9)27(24,25)20-16-19-14(8-26-16)10-3-2-4-12(6-10)21(22)23/h2-8H,1H3,(H,19,20). The van der Waals surface area contributed by atoms with E-state index in [9.17, 15) is 18.5 Å². The molecule has 0 saturated carbocycles. The summed E-state index contributed by atoms with van der Waals surface area (Å²) in [6.45, 7) is 1.59. The molecule has 1 aromatic heterocycles. The highest BCUT2D eigenvalue weighted by atomic mass is 35.5. The molecule has 0 aliphatic rings. The van der Waals surface area contributed by atoms with Gasteiger partial charge in [0.15, 0.2) is 5.13 Å². The van der Waals surface area contributed by atoms with Crippen LogP contribution in [0.5, 0.6) is 0 Å². The van der Waals surface area contributed by atoms with E-state index in [1.807, 2.05) is 0 Å². The molecule has 3 rings (SSSR count). The number of benzene rings is 2. The zero-order valence-corrected chi connectivity index (χ0v) is 16.8. The summed E-state index contributed by atoms with van der Waals surface area (Å²) < 4.78 is 27.7. The van der Waals surface area contributed by atoms with Gasteiger partial charge in [0.1, 0.15) is 4.90 Å². The number of hydrogen-bond donors (Lipinski definition) is 1. The first-order valence-electron chi connectivity index (χ1n) is 7.36. The molecule has 7 nitrogen and oxygen atoms in total.